The molecule has 0 radical (unpaired) electrons. The highest BCUT2D eigenvalue weighted by Crippen LogP contribution is 2.32. The van der Waals surface area contributed by atoms with Gasteiger partial charge in [-0.3, -0.25) is 9.69 Å². The van der Waals surface area contributed by atoms with Gasteiger partial charge in [-0.1, -0.05) is 41.4 Å². The number of carbonyl (C=O) groups excluding carboxylic acids is 1. The fourth-order valence-corrected chi connectivity index (χ4v) is 4.31. The zero-order valence-electron chi connectivity index (χ0n) is 14.9. The lowest BCUT2D eigenvalue weighted by atomic mass is 9.86. The quantitative estimate of drug-likeness (QED) is 0.786. The van der Waals surface area contributed by atoms with E-state index in [1.54, 1.807) is 30.3 Å². The molecule has 2 unspecified atom stereocenters. The third kappa shape index (κ3) is 4.23. The molecule has 2 bridgehead atoms. The van der Waals surface area contributed by atoms with Gasteiger partial charge in [-0.2, -0.15) is 0 Å². The number of benzene rings is 2. The number of hydrogen-bond donors (Lipinski definition) is 1. The van der Waals surface area contributed by atoms with Crippen LogP contribution in [0, 0.1) is 5.92 Å². The van der Waals surface area contributed by atoms with Crippen LogP contribution in [0.4, 0.5) is 0 Å². The van der Waals surface area contributed by atoms with Gasteiger partial charge in [0.15, 0.2) is 0 Å². The summed E-state index contributed by atoms with van der Waals surface area (Å²) in [4.78, 5) is 15.5. The number of halogens is 2. The Balaban J connectivity index is 1.56. The van der Waals surface area contributed by atoms with Crippen molar-refractivity contribution >= 4 is 29.1 Å². The summed E-state index contributed by atoms with van der Waals surface area (Å²) in [6.07, 6.45) is 2.70. The Morgan fingerprint density at radius 3 is 2.41 bits per heavy atom. The van der Waals surface area contributed by atoms with Gasteiger partial charge in [0.05, 0.1) is 6.17 Å². The van der Waals surface area contributed by atoms with Crippen molar-refractivity contribution in [3.63, 3.8) is 0 Å². The highest BCUT2D eigenvalue weighted by atomic mass is 35.5. The molecule has 2 aromatic rings. The monoisotopic (exact) mass is 404 g/mol. The molecule has 1 N–H and O–H groups in total. The number of ether oxygens (including phenoxy) is 1. The molecule has 2 atom stereocenters. The maximum atomic E-state index is 13.2. The highest BCUT2D eigenvalue weighted by molar-refractivity contribution is 6.31. The van der Waals surface area contributed by atoms with Crippen molar-refractivity contribution in [3.05, 3.63) is 64.1 Å². The van der Waals surface area contributed by atoms with Crippen LogP contribution in [-0.4, -0.2) is 30.1 Å². The molecular formula is C21H22Cl2N2O2. The van der Waals surface area contributed by atoms with E-state index in [1.165, 1.54) is 12.8 Å². The van der Waals surface area contributed by atoms with Gasteiger partial charge < -0.3 is 10.1 Å². The van der Waals surface area contributed by atoms with Gasteiger partial charge in [0, 0.05) is 28.7 Å². The first-order valence-corrected chi connectivity index (χ1v) is 10.1. The molecule has 3 saturated heterocycles. The van der Waals surface area contributed by atoms with Crippen LogP contribution in [0.3, 0.4) is 0 Å². The molecule has 4 nitrogen and oxygen atoms in total. The molecule has 3 aliphatic rings. The number of fused-ring (bicyclic) bond motifs is 3. The van der Waals surface area contributed by atoms with Crippen molar-refractivity contribution in [2.45, 2.75) is 31.5 Å². The van der Waals surface area contributed by atoms with E-state index >= 15 is 0 Å². The first kappa shape index (κ1) is 18.6. The standard InChI is InChI=1S/C21H22Cl2N2O2/c22-15-5-7-16(8-6-15)27-20(17-3-1-2-4-18(17)23)21(26)24-19-13-14-9-11-25(19)12-10-14/h1-8,14,19-20H,9-13H2,(H,24,26). The normalized spacial score (nSPS) is 25.0. The van der Waals surface area contributed by atoms with Gasteiger partial charge >= 0.3 is 0 Å². The van der Waals surface area contributed by atoms with Crippen molar-refractivity contribution in [2.75, 3.05) is 13.1 Å². The first-order valence-electron chi connectivity index (χ1n) is 9.31. The summed E-state index contributed by atoms with van der Waals surface area (Å²) in [5.41, 5.74) is 0.655. The zero-order valence-corrected chi connectivity index (χ0v) is 16.4. The van der Waals surface area contributed by atoms with E-state index in [-0.39, 0.29) is 12.1 Å². The highest BCUT2D eigenvalue weighted by Gasteiger charge is 2.36. The lowest BCUT2D eigenvalue weighted by molar-refractivity contribution is -0.132. The minimum absolute atomic E-state index is 0.0730. The Hall–Kier alpha value is -1.75. The Morgan fingerprint density at radius 1 is 1.07 bits per heavy atom. The molecule has 142 valence electrons. The van der Waals surface area contributed by atoms with Crippen LogP contribution in [0.5, 0.6) is 5.75 Å². The van der Waals surface area contributed by atoms with Crippen LogP contribution in [0.2, 0.25) is 10.0 Å². The van der Waals surface area contributed by atoms with Gasteiger partial charge in [-0.25, -0.2) is 0 Å². The summed E-state index contributed by atoms with van der Waals surface area (Å²) in [7, 11) is 0. The molecule has 5 rings (SSSR count). The third-order valence-corrected chi connectivity index (χ3v) is 6.04. The summed E-state index contributed by atoms with van der Waals surface area (Å²) in [6, 6.07) is 14.3. The van der Waals surface area contributed by atoms with Crippen LogP contribution >= 0.6 is 23.2 Å². The van der Waals surface area contributed by atoms with E-state index < -0.39 is 6.10 Å². The largest absolute Gasteiger partial charge is 0.476 e. The Kier molecular flexibility index (Phi) is 5.58. The van der Waals surface area contributed by atoms with E-state index in [0.717, 1.165) is 19.5 Å². The number of nitrogens with zero attached hydrogens (tertiary/aromatic N) is 1. The molecular weight excluding hydrogens is 383 g/mol. The second-order valence-corrected chi connectivity index (χ2v) is 8.06. The third-order valence-electron chi connectivity index (χ3n) is 5.45. The van der Waals surface area contributed by atoms with Crippen molar-refractivity contribution in [2.24, 2.45) is 5.92 Å². The summed E-state index contributed by atoms with van der Waals surface area (Å²) >= 11 is 12.3. The van der Waals surface area contributed by atoms with Crippen molar-refractivity contribution in [1.29, 1.82) is 0 Å². The molecule has 0 spiro atoms. The van der Waals surface area contributed by atoms with Crippen LogP contribution in [-0.2, 0) is 4.79 Å². The molecule has 0 aromatic heterocycles. The topological polar surface area (TPSA) is 41.6 Å². The molecule has 3 fully saturated rings. The average molecular weight is 405 g/mol. The summed E-state index contributed by atoms with van der Waals surface area (Å²) in [6.45, 7) is 2.09. The molecule has 27 heavy (non-hydrogen) atoms. The van der Waals surface area contributed by atoms with Gasteiger partial charge in [0.25, 0.3) is 5.91 Å². The zero-order chi connectivity index (χ0) is 18.8. The van der Waals surface area contributed by atoms with Crippen LogP contribution in [0.1, 0.15) is 30.9 Å². The second kappa shape index (κ2) is 8.09. The number of rotatable bonds is 5. The Bertz CT molecular complexity index is 804. The summed E-state index contributed by atoms with van der Waals surface area (Å²) < 4.78 is 6.05. The second-order valence-electron chi connectivity index (χ2n) is 7.21. The lowest BCUT2D eigenvalue weighted by Crippen LogP contribution is -2.57. The summed E-state index contributed by atoms with van der Waals surface area (Å²) in [5.74, 6) is 1.11. The molecule has 6 heteroatoms. The van der Waals surface area contributed by atoms with Gasteiger partial charge in [-0.05, 0) is 55.5 Å². The maximum absolute atomic E-state index is 13.2. The Morgan fingerprint density at radius 2 is 1.78 bits per heavy atom. The van der Waals surface area contributed by atoms with Crippen molar-refractivity contribution in [1.82, 2.24) is 10.2 Å². The molecule has 3 heterocycles. The van der Waals surface area contributed by atoms with Crippen molar-refractivity contribution < 1.29 is 9.53 Å². The minimum atomic E-state index is -0.818. The predicted molar refractivity (Wildman–Crippen MR) is 107 cm³/mol. The van der Waals surface area contributed by atoms with Crippen LogP contribution in [0.25, 0.3) is 0 Å². The van der Waals surface area contributed by atoms with E-state index in [1.807, 2.05) is 18.2 Å². The van der Waals surface area contributed by atoms with Crippen LogP contribution in [0.15, 0.2) is 48.5 Å². The minimum Gasteiger partial charge on any atom is -0.476 e. The predicted octanol–water partition coefficient (Wildman–Crippen LogP) is 4.67. The number of piperidine rings is 3. The number of hydrogen-bond acceptors (Lipinski definition) is 3. The summed E-state index contributed by atoms with van der Waals surface area (Å²) in [5, 5.41) is 4.31. The van der Waals surface area contributed by atoms with E-state index in [2.05, 4.69) is 10.2 Å². The molecule has 0 aliphatic carbocycles. The van der Waals surface area contributed by atoms with Crippen LogP contribution < -0.4 is 10.1 Å². The van der Waals surface area contributed by atoms with Gasteiger partial charge in [0.2, 0.25) is 6.10 Å². The van der Waals surface area contributed by atoms with Crippen molar-refractivity contribution in [3.8, 4) is 5.75 Å². The maximum Gasteiger partial charge on any atom is 0.267 e. The molecule has 1 amide bonds. The fraction of sp³-hybridized carbons (Fsp3) is 0.381. The van der Waals surface area contributed by atoms with E-state index in [0.29, 0.717) is 27.3 Å². The molecule has 0 saturated carbocycles. The molecule has 2 aromatic carbocycles. The number of carbonyl (C=O) groups is 1. The van der Waals surface area contributed by atoms with Gasteiger partial charge in [-0.15, -0.1) is 0 Å². The van der Waals surface area contributed by atoms with E-state index in [9.17, 15) is 4.79 Å². The lowest BCUT2D eigenvalue weighted by Gasteiger charge is -2.45. The fourth-order valence-electron chi connectivity index (χ4n) is 3.95. The van der Waals surface area contributed by atoms with Gasteiger partial charge in [0.1, 0.15) is 5.75 Å². The average Bonchev–Trinajstić information content (AvgIpc) is 2.69. The number of amides is 1. The number of nitrogens with one attached hydrogen (secondary N) is 1. The van der Waals surface area contributed by atoms with E-state index in [4.69, 9.17) is 27.9 Å². The molecule has 3 aliphatic heterocycles. The Labute approximate surface area is 169 Å². The first-order chi connectivity index (χ1) is 13.1. The smallest absolute Gasteiger partial charge is 0.267 e. The SMILES string of the molecule is O=C(NC1CC2CCN1CC2)C(Oc1ccc(Cl)cc1)c1ccccc1Cl.